The second kappa shape index (κ2) is 6.48. The van der Waals surface area contributed by atoms with Gasteiger partial charge in [-0.3, -0.25) is 14.5 Å². The van der Waals surface area contributed by atoms with Crippen LogP contribution in [0.4, 0.5) is 0 Å². The predicted molar refractivity (Wildman–Crippen MR) is 57.9 cm³/mol. The van der Waals surface area contributed by atoms with Gasteiger partial charge in [0.2, 0.25) is 0 Å². The molecular weight excluding hydrogens is 210 g/mol. The standard InChI is InChI=1S/C11H19NO4/c1-3-12-6-4-5-9(12)8-16-11(14)7-10(13)15-2/h9H,3-8H2,1-2H3/t9-/m0/s1. The molecule has 0 saturated carbocycles. The number of carbonyl (C=O) groups is 2. The fourth-order valence-corrected chi connectivity index (χ4v) is 1.93. The van der Waals surface area contributed by atoms with Crippen LogP contribution in [0.25, 0.3) is 0 Å². The number of esters is 2. The maximum atomic E-state index is 11.2. The molecule has 5 nitrogen and oxygen atoms in total. The van der Waals surface area contributed by atoms with E-state index in [-0.39, 0.29) is 6.42 Å². The lowest BCUT2D eigenvalue weighted by Gasteiger charge is -2.22. The summed E-state index contributed by atoms with van der Waals surface area (Å²) >= 11 is 0. The normalized spacial score (nSPS) is 20.8. The van der Waals surface area contributed by atoms with Gasteiger partial charge in [-0.05, 0) is 25.9 Å². The third kappa shape index (κ3) is 3.81. The molecule has 1 aliphatic rings. The fraction of sp³-hybridized carbons (Fsp3) is 0.818. The zero-order chi connectivity index (χ0) is 12.0. The fourth-order valence-electron chi connectivity index (χ4n) is 1.93. The second-order valence-electron chi connectivity index (χ2n) is 3.86. The van der Waals surface area contributed by atoms with Gasteiger partial charge in [-0.15, -0.1) is 0 Å². The molecule has 1 fully saturated rings. The van der Waals surface area contributed by atoms with Crippen molar-refractivity contribution in [2.75, 3.05) is 26.8 Å². The van der Waals surface area contributed by atoms with Gasteiger partial charge < -0.3 is 9.47 Å². The van der Waals surface area contributed by atoms with Crippen molar-refractivity contribution < 1.29 is 19.1 Å². The molecule has 5 heteroatoms. The van der Waals surface area contributed by atoms with Gasteiger partial charge in [-0.1, -0.05) is 6.92 Å². The number of methoxy groups -OCH3 is 1. The summed E-state index contributed by atoms with van der Waals surface area (Å²) in [6.07, 6.45) is 1.90. The van der Waals surface area contributed by atoms with Gasteiger partial charge in [0.15, 0.2) is 0 Å². The highest BCUT2D eigenvalue weighted by Crippen LogP contribution is 2.16. The Bertz CT molecular complexity index is 254. The van der Waals surface area contributed by atoms with Gasteiger partial charge in [-0.25, -0.2) is 0 Å². The summed E-state index contributed by atoms with van der Waals surface area (Å²) in [4.78, 5) is 24.3. The van der Waals surface area contributed by atoms with Gasteiger partial charge in [0.25, 0.3) is 0 Å². The summed E-state index contributed by atoms with van der Waals surface area (Å²) in [5, 5.41) is 0. The van der Waals surface area contributed by atoms with E-state index in [1.165, 1.54) is 7.11 Å². The molecule has 0 aromatic rings. The molecule has 1 rings (SSSR count). The first-order chi connectivity index (χ1) is 7.67. The van der Waals surface area contributed by atoms with Crippen molar-refractivity contribution in [3.05, 3.63) is 0 Å². The highest BCUT2D eigenvalue weighted by molar-refractivity contribution is 5.91. The molecule has 92 valence electrons. The molecule has 0 amide bonds. The topological polar surface area (TPSA) is 55.8 Å². The van der Waals surface area contributed by atoms with E-state index >= 15 is 0 Å². The number of nitrogens with zero attached hydrogens (tertiary/aromatic N) is 1. The zero-order valence-corrected chi connectivity index (χ0v) is 9.90. The van der Waals surface area contributed by atoms with Crippen LogP contribution >= 0.6 is 0 Å². The highest BCUT2D eigenvalue weighted by atomic mass is 16.5. The number of likely N-dealkylation sites (N-methyl/N-ethyl adjacent to an activating group) is 1. The molecule has 1 aliphatic heterocycles. The number of ether oxygens (including phenoxy) is 2. The molecule has 1 saturated heterocycles. The third-order valence-corrected chi connectivity index (χ3v) is 2.86. The minimum atomic E-state index is -0.552. The number of carbonyl (C=O) groups excluding carboxylic acids is 2. The number of likely N-dealkylation sites (tertiary alicyclic amines) is 1. The van der Waals surface area contributed by atoms with E-state index in [2.05, 4.69) is 16.6 Å². The average Bonchev–Trinajstić information content (AvgIpc) is 2.73. The lowest BCUT2D eigenvalue weighted by Crippen LogP contribution is -2.33. The van der Waals surface area contributed by atoms with Crippen LogP contribution in [0, 0.1) is 0 Å². The molecule has 0 bridgehead atoms. The lowest BCUT2D eigenvalue weighted by atomic mass is 10.2. The summed E-state index contributed by atoms with van der Waals surface area (Å²) in [6.45, 7) is 4.51. The smallest absolute Gasteiger partial charge is 0.317 e. The molecular formula is C11H19NO4. The summed E-state index contributed by atoms with van der Waals surface area (Å²) in [7, 11) is 1.26. The van der Waals surface area contributed by atoms with Crippen LogP contribution in [-0.2, 0) is 19.1 Å². The minimum Gasteiger partial charge on any atom is -0.469 e. The molecule has 0 unspecified atom stereocenters. The monoisotopic (exact) mass is 229 g/mol. The van der Waals surface area contributed by atoms with Gasteiger partial charge >= 0.3 is 11.9 Å². The quantitative estimate of drug-likeness (QED) is 0.510. The van der Waals surface area contributed by atoms with E-state index in [1.807, 2.05) is 0 Å². The summed E-state index contributed by atoms with van der Waals surface area (Å²) in [5.41, 5.74) is 0. The van der Waals surface area contributed by atoms with Gasteiger partial charge in [-0.2, -0.15) is 0 Å². The molecule has 16 heavy (non-hydrogen) atoms. The molecule has 0 spiro atoms. The first-order valence-corrected chi connectivity index (χ1v) is 5.63. The summed E-state index contributed by atoms with van der Waals surface area (Å²) < 4.78 is 9.43. The highest BCUT2D eigenvalue weighted by Gasteiger charge is 2.24. The van der Waals surface area contributed by atoms with Crippen LogP contribution in [0.1, 0.15) is 26.2 Å². The van der Waals surface area contributed by atoms with Crippen molar-refractivity contribution in [3.63, 3.8) is 0 Å². The Labute approximate surface area is 95.7 Å². The first kappa shape index (κ1) is 13.0. The maximum absolute atomic E-state index is 11.2. The van der Waals surface area contributed by atoms with Crippen LogP contribution in [0.5, 0.6) is 0 Å². The Morgan fingerprint density at radius 2 is 2.12 bits per heavy atom. The second-order valence-corrected chi connectivity index (χ2v) is 3.86. The molecule has 0 aliphatic carbocycles. The number of hydrogen-bond donors (Lipinski definition) is 0. The summed E-state index contributed by atoms with van der Waals surface area (Å²) in [5.74, 6) is -1.06. The first-order valence-electron chi connectivity index (χ1n) is 5.63. The molecule has 1 atom stereocenters. The lowest BCUT2D eigenvalue weighted by molar-refractivity contribution is -0.153. The molecule has 0 N–H and O–H groups in total. The van der Waals surface area contributed by atoms with E-state index in [0.29, 0.717) is 12.6 Å². The molecule has 0 aromatic heterocycles. The van der Waals surface area contributed by atoms with E-state index in [1.54, 1.807) is 0 Å². The maximum Gasteiger partial charge on any atom is 0.317 e. The van der Waals surface area contributed by atoms with Crippen molar-refractivity contribution in [2.45, 2.75) is 32.2 Å². The SMILES string of the molecule is CCN1CCC[C@H]1COC(=O)CC(=O)OC. The zero-order valence-electron chi connectivity index (χ0n) is 9.90. The average molecular weight is 229 g/mol. The van der Waals surface area contributed by atoms with Crippen molar-refractivity contribution in [3.8, 4) is 0 Å². The van der Waals surface area contributed by atoms with Gasteiger partial charge in [0.1, 0.15) is 13.0 Å². The summed E-state index contributed by atoms with van der Waals surface area (Å²) in [6, 6.07) is 0.312. The Morgan fingerprint density at radius 1 is 1.38 bits per heavy atom. The van der Waals surface area contributed by atoms with Crippen molar-refractivity contribution in [1.82, 2.24) is 4.90 Å². The van der Waals surface area contributed by atoms with Crippen LogP contribution in [-0.4, -0.2) is 49.7 Å². The van der Waals surface area contributed by atoms with E-state index in [0.717, 1.165) is 25.9 Å². The Morgan fingerprint density at radius 3 is 2.75 bits per heavy atom. The molecule has 0 aromatic carbocycles. The van der Waals surface area contributed by atoms with Crippen LogP contribution < -0.4 is 0 Å². The number of hydrogen-bond acceptors (Lipinski definition) is 5. The van der Waals surface area contributed by atoms with Crippen molar-refractivity contribution in [1.29, 1.82) is 0 Å². The van der Waals surface area contributed by atoms with E-state index in [9.17, 15) is 9.59 Å². The molecule has 1 heterocycles. The van der Waals surface area contributed by atoms with Gasteiger partial charge in [0, 0.05) is 6.04 Å². The number of rotatable bonds is 5. The van der Waals surface area contributed by atoms with Crippen molar-refractivity contribution >= 4 is 11.9 Å². The largest absolute Gasteiger partial charge is 0.469 e. The van der Waals surface area contributed by atoms with Crippen LogP contribution in [0.3, 0.4) is 0 Å². The Hall–Kier alpha value is -1.10. The van der Waals surface area contributed by atoms with Crippen LogP contribution in [0.15, 0.2) is 0 Å². The van der Waals surface area contributed by atoms with Crippen molar-refractivity contribution in [2.24, 2.45) is 0 Å². The Balaban J connectivity index is 2.23. The molecule has 0 radical (unpaired) electrons. The predicted octanol–water partition coefficient (Wildman–Crippen LogP) is 0.577. The van der Waals surface area contributed by atoms with Crippen LogP contribution in [0.2, 0.25) is 0 Å². The Kier molecular flexibility index (Phi) is 5.25. The van der Waals surface area contributed by atoms with Gasteiger partial charge in [0.05, 0.1) is 7.11 Å². The van der Waals surface area contributed by atoms with E-state index < -0.39 is 11.9 Å². The van der Waals surface area contributed by atoms with E-state index in [4.69, 9.17) is 4.74 Å². The third-order valence-electron chi connectivity index (χ3n) is 2.86. The minimum absolute atomic E-state index is 0.296.